The molecule has 0 aliphatic rings. The van der Waals surface area contributed by atoms with E-state index in [1.54, 1.807) is 61.5 Å². The van der Waals surface area contributed by atoms with Crippen molar-refractivity contribution in [3.63, 3.8) is 0 Å². The first-order valence-corrected chi connectivity index (χ1v) is 9.92. The SMILES string of the molecule is CC(=O)Nc1ccc(C(=O)CSc2nnc(-c3ccoc3)c(-c3ccoc3)n2)cc1. The highest BCUT2D eigenvalue weighted by molar-refractivity contribution is 7.99. The van der Waals surface area contributed by atoms with Crippen LogP contribution in [0.15, 0.2) is 75.4 Å². The fourth-order valence-corrected chi connectivity index (χ4v) is 3.40. The number of anilines is 1. The van der Waals surface area contributed by atoms with Crippen molar-refractivity contribution < 1.29 is 18.4 Å². The second kappa shape index (κ2) is 8.75. The second-order valence-corrected chi connectivity index (χ2v) is 7.23. The van der Waals surface area contributed by atoms with Crippen molar-refractivity contribution in [1.82, 2.24) is 15.2 Å². The van der Waals surface area contributed by atoms with Gasteiger partial charge in [0.1, 0.15) is 11.4 Å². The number of nitrogens with zero attached hydrogens (tertiary/aromatic N) is 3. The second-order valence-electron chi connectivity index (χ2n) is 6.29. The maximum Gasteiger partial charge on any atom is 0.221 e. The lowest BCUT2D eigenvalue weighted by molar-refractivity contribution is -0.114. The predicted molar refractivity (Wildman–Crippen MR) is 111 cm³/mol. The fourth-order valence-electron chi connectivity index (χ4n) is 2.72. The Kier molecular flexibility index (Phi) is 5.71. The first-order valence-electron chi connectivity index (χ1n) is 8.93. The Labute approximate surface area is 175 Å². The third kappa shape index (κ3) is 4.47. The van der Waals surface area contributed by atoms with Gasteiger partial charge in [-0.05, 0) is 36.4 Å². The molecule has 8 nitrogen and oxygen atoms in total. The molecule has 4 rings (SSSR count). The van der Waals surface area contributed by atoms with Crippen molar-refractivity contribution in [2.75, 3.05) is 11.1 Å². The average Bonchev–Trinajstić information content (AvgIpc) is 3.46. The number of thioether (sulfide) groups is 1. The number of carbonyl (C=O) groups excluding carboxylic acids is 2. The summed E-state index contributed by atoms with van der Waals surface area (Å²) in [4.78, 5) is 28.2. The predicted octanol–water partition coefficient (Wildman–Crippen LogP) is 4.33. The average molecular weight is 420 g/mol. The third-order valence-electron chi connectivity index (χ3n) is 4.12. The number of hydrogen-bond acceptors (Lipinski definition) is 8. The number of furan rings is 2. The Morgan fingerprint density at radius 2 is 1.60 bits per heavy atom. The zero-order chi connectivity index (χ0) is 20.9. The molecule has 3 aromatic heterocycles. The van der Waals surface area contributed by atoms with E-state index in [9.17, 15) is 9.59 Å². The molecule has 0 fully saturated rings. The minimum atomic E-state index is -0.165. The number of ketones is 1. The zero-order valence-corrected chi connectivity index (χ0v) is 16.7. The number of nitrogens with one attached hydrogen (secondary N) is 1. The molecule has 1 N–H and O–H groups in total. The van der Waals surface area contributed by atoms with Crippen LogP contribution in [0, 0.1) is 0 Å². The fraction of sp³-hybridized carbons (Fsp3) is 0.0952. The van der Waals surface area contributed by atoms with E-state index in [-0.39, 0.29) is 17.4 Å². The van der Waals surface area contributed by atoms with Crippen LogP contribution in [0.4, 0.5) is 5.69 Å². The normalized spacial score (nSPS) is 10.7. The van der Waals surface area contributed by atoms with E-state index >= 15 is 0 Å². The molecule has 0 aliphatic heterocycles. The standard InChI is InChI=1S/C21H16N4O4S/c1-13(26)22-17-4-2-14(3-5-17)18(27)12-30-21-23-19(15-6-8-28-10-15)20(24-25-21)16-7-9-29-11-16/h2-11H,12H2,1H3,(H,22,26). The van der Waals surface area contributed by atoms with Gasteiger partial charge in [-0.1, -0.05) is 11.8 Å². The van der Waals surface area contributed by atoms with Gasteiger partial charge in [0, 0.05) is 29.3 Å². The smallest absolute Gasteiger partial charge is 0.221 e. The van der Waals surface area contributed by atoms with E-state index in [1.165, 1.54) is 18.7 Å². The van der Waals surface area contributed by atoms with Crippen LogP contribution in [0.5, 0.6) is 0 Å². The highest BCUT2D eigenvalue weighted by atomic mass is 32.2. The highest BCUT2D eigenvalue weighted by Crippen LogP contribution is 2.30. The number of carbonyl (C=O) groups is 2. The van der Waals surface area contributed by atoms with Crippen LogP contribution in [0.2, 0.25) is 0 Å². The van der Waals surface area contributed by atoms with Crippen LogP contribution >= 0.6 is 11.8 Å². The molecule has 9 heteroatoms. The van der Waals surface area contributed by atoms with Gasteiger partial charge in [-0.2, -0.15) is 0 Å². The van der Waals surface area contributed by atoms with Crippen LogP contribution in [0.25, 0.3) is 22.5 Å². The molecular formula is C21H16N4O4S. The summed E-state index contributed by atoms with van der Waals surface area (Å²) in [7, 11) is 0. The molecule has 1 amide bonds. The summed E-state index contributed by atoms with van der Waals surface area (Å²) in [5.74, 6) is -0.0971. The topological polar surface area (TPSA) is 111 Å². The summed E-state index contributed by atoms with van der Waals surface area (Å²) in [5, 5.41) is 11.5. The molecule has 30 heavy (non-hydrogen) atoms. The van der Waals surface area contributed by atoms with E-state index in [1.807, 2.05) is 0 Å². The van der Waals surface area contributed by atoms with Gasteiger partial charge in [0.25, 0.3) is 0 Å². The Morgan fingerprint density at radius 1 is 0.933 bits per heavy atom. The molecule has 0 unspecified atom stereocenters. The van der Waals surface area contributed by atoms with Crippen LogP contribution < -0.4 is 5.32 Å². The van der Waals surface area contributed by atoms with E-state index in [4.69, 9.17) is 8.83 Å². The lowest BCUT2D eigenvalue weighted by atomic mass is 10.1. The summed E-state index contributed by atoms with van der Waals surface area (Å²) in [5.41, 5.74) is 3.83. The maximum atomic E-state index is 12.5. The largest absolute Gasteiger partial charge is 0.472 e. The molecule has 1 aromatic carbocycles. The van der Waals surface area contributed by atoms with Gasteiger partial charge in [0.05, 0.1) is 30.8 Å². The Bertz CT molecular complexity index is 1160. The van der Waals surface area contributed by atoms with Crippen LogP contribution in [-0.2, 0) is 4.79 Å². The molecular weight excluding hydrogens is 404 g/mol. The summed E-state index contributed by atoms with van der Waals surface area (Å²) in [6.45, 7) is 1.43. The molecule has 0 aliphatic carbocycles. The van der Waals surface area contributed by atoms with Crippen LogP contribution in [0.3, 0.4) is 0 Å². The van der Waals surface area contributed by atoms with Crippen molar-refractivity contribution in [1.29, 1.82) is 0 Å². The van der Waals surface area contributed by atoms with Gasteiger partial charge in [0.2, 0.25) is 11.1 Å². The number of aromatic nitrogens is 3. The third-order valence-corrected chi connectivity index (χ3v) is 4.95. The highest BCUT2D eigenvalue weighted by Gasteiger charge is 2.16. The molecule has 150 valence electrons. The summed E-state index contributed by atoms with van der Waals surface area (Å²) < 4.78 is 10.3. The van der Waals surface area contributed by atoms with Crippen LogP contribution in [0.1, 0.15) is 17.3 Å². The number of amides is 1. The van der Waals surface area contributed by atoms with Crippen molar-refractivity contribution >= 4 is 29.1 Å². The molecule has 3 heterocycles. The minimum absolute atomic E-state index is 0.0817. The van der Waals surface area contributed by atoms with E-state index in [0.29, 0.717) is 27.8 Å². The van der Waals surface area contributed by atoms with Gasteiger partial charge >= 0.3 is 0 Å². The molecule has 4 aromatic rings. The molecule has 0 radical (unpaired) electrons. The number of rotatable bonds is 7. The summed E-state index contributed by atoms with van der Waals surface area (Å²) >= 11 is 1.20. The summed E-state index contributed by atoms with van der Waals surface area (Å²) in [6.07, 6.45) is 6.24. The van der Waals surface area contributed by atoms with E-state index in [0.717, 1.165) is 11.1 Å². The lowest BCUT2D eigenvalue weighted by Crippen LogP contribution is -2.07. The van der Waals surface area contributed by atoms with Gasteiger partial charge in [0.15, 0.2) is 5.78 Å². The van der Waals surface area contributed by atoms with Gasteiger partial charge < -0.3 is 14.2 Å². The number of Topliss-reactive ketones (excluding diaryl/α,β-unsaturated/α-hetero) is 1. The lowest BCUT2D eigenvalue weighted by Gasteiger charge is -2.06. The van der Waals surface area contributed by atoms with E-state index in [2.05, 4.69) is 20.5 Å². The Balaban J connectivity index is 1.50. The van der Waals surface area contributed by atoms with Crippen molar-refractivity contribution in [2.24, 2.45) is 0 Å². The van der Waals surface area contributed by atoms with Crippen molar-refractivity contribution in [3.05, 3.63) is 67.0 Å². The summed E-state index contributed by atoms with van der Waals surface area (Å²) in [6, 6.07) is 10.3. The zero-order valence-electron chi connectivity index (χ0n) is 15.9. The maximum absolute atomic E-state index is 12.5. The quantitative estimate of drug-likeness (QED) is 0.347. The monoisotopic (exact) mass is 420 g/mol. The number of benzene rings is 1. The Hall–Kier alpha value is -3.72. The van der Waals surface area contributed by atoms with Crippen molar-refractivity contribution in [3.8, 4) is 22.5 Å². The van der Waals surface area contributed by atoms with Crippen LogP contribution in [-0.4, -0.2) is 32.6 Å². The molecule has 0 atom stereocenters. The first kappa shape index (κ1) is 19.6. The van der Waals surface area contributed by atoms with Gasteiger partial charge in [-0.15, -0.1) is 10.2 Å². The molecule has 0 spiro atoms. The minimum Gasteiger partial charge on any atom is -0.472 e. The Morgan fingerprint density at radius 3 is 2.20 bits per heavy atom. The first-order chi connectivity index (χ1) is 14.6. The molecule has 0 saturated carbocycles. The molecule has 0 saturated heterocycles. The van der Waals surface area contributed by atoms with Crippen molar-refractivity contribution in [2.45, 2.75) is 12.1 Å². The van der Waals surface area contributed by atoms with Gasteiger partial charge in [-0.25, -0.2) is 4.98 Å². The number of hydrogen-bond donors (Lipinski definition) is 1. The molecule has 0 bridgehead atoms. The van der Waals surface area contributed by atoms with Gasteiger partial charge in [-0.3, -0.25) is 9.59 Å². The van der Waals surface area contributed by atoms with E-state index < -0.39 is 0 Å².